The molecule has 1 aromatic rings. The normalized spacial score (nSPS) is 23.3. The van der Waals surface area contributed by atoms with Crippen LogP contribution in [0.25, 0.3) is 0 Å². The smallest absolute Gasteiger partial charge is 0.438 e. The summed E-state index contributed by atoms with van der Waals surface area (Å²) >= 11 is 0. The Bertz CT molecular complexity index is 642. The second-order valence-corrected chi connectivity index (χ2v) is 6.97. The van der Waals surface area contributed by atoms with Crippen LogP contribution in [0, 0.1) is 0 Å². The van der Waals surface area contributed by atoms with Crippen molar-refractivity contribution in [3.05, 3.63) is 35.4 Å². The summed E-state index contributed by atoms with van der Waals surface area (Å²) in [5.41, 5.74) is 2.39. The highest BCUT2D eigenvalue weighted by Crippen LogP contribution is 2.30. The van der Waals surface area contributed by atoms with Crippen LogP contribution < -0.4 is 0 Å². The zero-order chi connectivity index (χ0) is 18.7. The first-order chi connectivity index (χ1) is 12.5. The van der Waals surface area contributed by atoms with Gasteiger partial charge in [-0.3, -0.25) is 0 Å². The molecule has 2 unspecified atom stereocenters. The lowest BCUT2D eigenvalue weighted by Gasteiger charge is -2.43. The number of piperidine rings is 1. The SMILES string of the molecule is CCc1ccc(C2CC(OC(=O)OC)CN(C(=O)N3CC(O)C3)C2)cc1. The predicted octanol–water partition coefficient (Wildman–Crippen LogP) is 1.99. The number of urea groups is 1. The second-order valence-electron chi connectivity index (χ2n) is 6.97. The van der Waals surface area contributed by atoms with Crippen molar-refractivity contribution in [1.29, 1.82) is 0 Å². The molecule has 142 valence electrons. The molecule has 2 amide bonds. The number of hydrogen-bond acceptors (Lipinski definition) is 5. The number of nitrogens with zero attached hydrogens (tertiary/aromatic N) is 2. The van der Waals surface area contributed by atoms with Crippen molar-refractivity contribution < 1.29 is 24.2 Å². The van der Waals surface area contributed by atoms with Crippen molar-refractivity contribution in [2.24, 2.45) is 0 Å². The summed E-state index contributed by atoms with van der Waals surface area (Å²) in [5, 5.41) is 9.45. The standard InChI is InChI=1S/C19H26N2O5/c1-3-13-4-6-14(7-5-13)15-8-17(26-19(24)25-2)12-20(9-15)18(23)21-10-16(22)11-21/h4-7,15-17,22H,3,8-12H2,1-2H3. The fourth-order valence-electron chi connectivity index (χ4n) is 3.56. The molecular formula is C19H26N2O5. The highest BCUT2D eigenvalue weighted by molar-refractivity contribution is 5.76. The summed E-state index contributed by atoms with van der Waals surface area (Å²) in [6, 6.07) is 8.24. The fourth-order valence-corrected chi connectivity index (χ4v) is 3.56. The maximum atomic E-state index is 12.7. The van der Waals surface area contributed by atoms with Gasteiger partial charge in [-0.25, -0.2) is 9.59 Å². The number of hydrogen-bond donors (Lipinski definition) is 1. The number of amides is 2. The first-order valence-corrected chi connectivity index (χ1v) is 9.05. The molecule has 2 fully saturated rings. The number of methoxy groups -OCH3 is 1. The number of aliphatic hydroxyl groups is 1. The molecule has 0 radical (unpaired) electrons. The Labute approximate surface area is 153 Å². The van der Waals surface area contributed by atoms with E-state index in [2.05, 4.69) is 35.9 Å². The third kappa shape index (κ3) is 4.09. The van der Waals surface area contributed by atoms with Crippen LogP contribution in [0.4, 0.5) is 9.59 Å². The van der Waals surface area contributed by atoms with E-state index in [1.165, 1.54) is 12.7 Å². The van der Waals surface area contributed by atoms with Gasteiger partial charge in [0, 0.05) is 12.5 Å². The number of rotatable bonds is 3. The zero-order valence-electron chi connectivity index (χ0n) is 15.3. The number of β-amino-alcohol motifs (C(OH)–C–C–N with tert-alkyl or cyclic N) is 1. The highest BCUT2D eigenvalue weighted by atomic mass is 16.7. The van der Waals surface area contributed by atoms with E-state index in [1.54, 1.807) is 9.80 Å². The quantitative estimate of drug-likeness (QED) is 0.832. The lowest BCUT2D eigenvalue weighted by molar-refractivity contribution is -0.0133. The van der Waals surface area contributed by atoms with Gasteiger partial charge in [0.15, 0.2) is 0 Å². The molecule has 7 nitrogen and oxygen atoms in total. The predicted molar refractivity (Wildman–Crippen MR) is 95.0 cm³/mol. The molecule has 1 aromatic carbocycles. The number of aryl methyl sites for hydroxylation is 1. The Morgan fingerprint density at radius 1 is 1.12 bits per heavy atom. The van der Waals surface area contributed by atoms with Gasteiger partial charge in [-0.2, -0.15) is 0 Å². The van der Waals surface area contributed by atoms with Crippen molar-refractivity contribution in [3.63, 3.8) is 0 Å². The van der Waals surface area contributed by atoms with Crippen LogP contribution in [0.3, 0.4) is 0 Å². The van der Waals surface area contributed by atoms with Crippen molar-refractivity contribution >= 4 is 12.2 Å². The summed E-state index contributed by atoms with van der Waals surface area (Å²) in [4.78, 5) is 27.5. The van der Waals surface area contributed by atoms with Gasteiger partial charge in [0.2, 0.25) is 0 Å². The average molecular weight is 362 g/mol. The summed E-state index contributed by atoms with van der Waals surface area (Å²) < 4.78 is 9.95. The van der Waals surface area contributed by atoms with E-state index in [0.717, 1.165) is 12.0 Å². The summed E-state index contributed by atoms with van der Waals surface area (Å²) in [5.74, 6) is 0.0828. The maximum Gasteiger partial charge on any atom is 0.508 e. The van der Waals surface area contributed by atoms with Crippen molar-refractivity contribution in [2.45, 2.75) is 37.9 Å². The van der Waals surface area contributed by atoms with E-state index in [0.29, 0.717) is 32.6 Å². The van der Waals surface area contributed by atoms with Gasteiger partial charge in [-0.05, 0) is 24.0 Å². The third-order valence-electron chi connectivity index (χ3n) is 5.10. The third-order valence-corrected chi connectivity index (χ3v) is 5.10. The lowest BCUT2D eigenvalue weighted by atomic mass is 9.88. The van der Waals surface area contributed by atoms with Crippen LogP contribution >= 0.6 is 0 Å². The summed E-state index contributed by atoms with van der Waals surface area (Å²) in [6.07, 6.45) is 0.0302. The summed E-state index contributed by atoms with van der Waals surface area (Å²) in [7, 11) is 1.27. The van der Waals surface area contributed by atoms with Crippen molar-refractivity contribution in [3.8, 4) is 0 Å². The molecule has 0 aromatic heterocycles. The van der Waals surface area contributed by atoms with Gasteiger partial charge in [0.25, 0.3) is 0 Å². The van der Waals surface area contributed by atoms with Crippen LogP contribution in [0.1, 0.15) is 30.4 Å². The monoisotopic (exact) mass is 362 g/mol. The van der Waals surface area contributed by atoms with E-state index in [-0.39, 0.29) is 11.9 Å². The Kier molecular flexibility index (Phi) is 5.66. The molecule has 2 aliphatic rings. The second kappa shape index (κ2) is 7.95. The Morgan fingerprint density at radius 2 is 1.77 bits per heavy atom. The van der Waals surface area contributed by atoms with Gasteiger partial charge in [0.05, 0.1) is 32.8 Å². The Balaban J connectivity index is 1.74. The molecule has 1 N–H and O–H groups in total. The molecule has 2 atom stereocenters. The van der Waals surface area contributed by atoms with E-state index < -0.39 is 18.4 Å². The van der Waals surface area contributed by atoms with Gasteiger partial charge < -0.3 is 24.4 Å². The lowest BCUT2D eigenvalue weighted by Crippen LogP contribution is -2.60. The number of aliphatic hydroxyl groups excluding tert-OH is 1. The fraction of sp³-hybridized carbons (Fsp3) is 0.579. The summed E-state index contributed by atoms with van der Waals surface area (Å²) in [6.45, 7) is 3.72. The number of ether oxygens (including phenoxy) is 2. The van der Waals surface area contributed by atoms with Crippen molar-refractivity contribution in [1.82, 2.24) is 9.80 Å². The van der Waals surface area contributed by atoms with E-state index >= 15 is 0 Å². The molecule has 0 saturated carbocycles. The largest absolute Gasteiger partial charge is 0.508 e. The van der Waals surface area contributed by atoms with Gasteiger partial charge >= 0.3 is 12.2 Å². The number of benzene rings is 1. The topological polar surface area (TPSA) is 79.3 Å². The first-order valence-electron chi connectivity index (χ1n) is 9.05. The maximum absolute atomic E-state index is 12.7. The first kappa shape index (κ1) is 18.5. The molecular weight excluding hydrogens is 336 g/mol. The molecule has 7 heteroatoms. The number of likely N-dealkylation sites (tertiary alicyclic amines) is 2. The minimum Gasteiger partial charge on any atom is -0.438 e. The number of carbonyl (C=O) groups is 2. The minimum atomic E-state index is -0.733. The van der Waals surface area contributed by atoms with E-state index in [1.807, 2.05) is 0 Å². The zero-order valence-corrected chi connectivity index (χ0v) is 15.3. The Morgan fingerprint density at radius 3 is 2.35 bits per heavy atom. The van der Waals surface area contributed by atoms with E-state index in [9.17, 15) is 14.7 Å². The van der Waals surface area contributed by atoms with Crippen LogP contribution in [0.5, 0.6) is 0 Å². The molecule has 0 aliphatic carbocycles. The molecule has 2 heterocycles. The molecule has 2 saturated heterocycles. The molecule has 2 aliphatic heterocycles. The van der Waals surface area contributed by atoms with Crippen LogP contribution in [0.2, 0.25) is 0 Å². The Hall–Kier alpha value is -2.28. The van der Waals surface area contributed by atoms with E-state index in [4.69, 9.17) is 4.74 Å². The van der Waals surface area contributed by atoms with Crippen LogP contribution in [-0.2, 0) is 15.9 Å². The van der Waals surface area contributed by atoms with Gasteiger partial charge in [-0.15, -0.1) is 0 Å². The average Bonchev–Trinajstić information content (AvgIpc) is 2.64. The highest BCUT2D eigenvalue weighted by Gasteiger charge is 2.38. The molecule has 0 bridgehead atoms. The molecule has 3 rings (SSSR count). The van der Waals surface area contributed by atoms with Crippen LogP contribution in [-0.4, -0.2) is 72.6 Å². The van der Waals surface area contributed by atoms with Crippen LogP contribution in [0.15, 0.2) is 24.3 Å². The van der Waals surface area contributed by atoms with Crippen molar-refractivity contribution in [2.75, 3.05) is 33.3 Å². The minimum absolute atomic E-state index is 0.0828. The molecule has 0 spiro atoms. The van der Waals surface area contributed by atoms with Gasteiger partial charge in [0.1, 0.15) is 6.10 Å². The molecule has 26 heavy (non-hydrogen) atoms. The van der Waals surface area contributed by atoms with Gasteiger partial charge in [-0.1, -0.05) is 31.2 Å². The number of carbonyl (C=O) groups excluding carboxylic acids is 2.